The highest BCUT2D eigenvalue weighted by molar-refractivity contribution is 5.78. The summed E-state index contributed by atoms with van der Waals surface area (Å²) in [6.45, 7) is 3.99. The van der Waals surface area contributed by atoms with E-state index in [1.54, 1.807) is 21.3 Å². The monoisotopic (exact) mass is 342 g/mol. The molecule has 1 unspecified atom stereocenters. The summed E-state index contributed by atoms with van der Waals surface area (Å²) in [4.78, 5) is 12.2. The second-order valence-corrected chi connectivity index (χ2v) is 6.19. The molecule has 0 aliphatic carbocycles. The molecule has 2 aromatic rings. The van der Waals surface area contributed by atoms with E-state index in [2.05, 4.69) is 6.07 Å². The van der Waals surface area contributed by atoms with Crippen molar-refractivity contribution in [1.82, 2.24) is 0 Å². The molecule has 3 rings (SSSR count). The molecule has 1 aliphatic heterocycles. The first-order chi connectivity index (χ1) is 12.0. The van der Waals surface area contributed by atoms with E-state index >= 15 is 0 Å². The average molecular weight is 342 g/mol. The van der Waals surface area contributed by atoms with Crippen LogP contribution in [0.2, 0.25) is 0 Å². The molecular weight excluding hydrogens is 320 g/mol. The van der Waals surface area contributed by atoms with Crippen LogP contribution in [0.4, 0.5) is 0 Å². The van der Waals surface area contributed by atoms with Gasteiger partial charge in [-0.05, 0) is 37.1 Å². The molecule has 0 aromatic heterocycles. The number of rotatable bonds is 4. The Labute approximate surface area is 147 Å². The second-order valence-electron chi connectivity index (χ2n) is 6.19. The van der Waals surface area contributed by atoms with Gasteiger partial charge in [-0.2, -0.15) is 0 Å². The zero-order valence-electron chi connectivity index (χ0n) is 15.1. The molecule has 0 saturated heterocycles. The Balaban J connectivity index is 2.19. The standard InChI is InChI=1S/C20H22O5/c1-11-6-12(2)19-15(7-11)14(10-18(21)25-19)13-8-16(22-3)20(24-5)17(9-13)23-4/h6-9,14H,10H2,1-5H3. The summed E-state index contributed by atoms with van der Waals surface area (Å²) in [5.41, 5.74) is 4.02. The van der Waals surface area contributed by atoms with E-state index in [1.807, 2.05) is 32.0 Å². The quantitative estimate of drug-likeness (QED) is 0.625. The smallest absolute Gasteiger partial charge is 0.312 e. The molecule has 0 amide bonds. The van der Waals surface area contributed by atoms with E-state index in [0.717, 1.165) is 22.3 Å². The number of carbonyl (C=O) groups excluding carboxylic acids is 1. The van der Waals surface area contributed by atoms with Crippen LogP contribution in [-0.2, 0) is 4.79 Å². The Bertz CT molecular complexity index is 800. The normalized spacial score (nSPS) is 16.0. The van der Waals surface area contributed by atoms with Crippen LogP contribution in [-0.4, -0.2) is 27.3 Å². The predicted octanol–water partition coefficient (Wildman–Crippen LogP) is 3.77. The third-order valence-electron chi connectivity index (χ3n) is 4.50. The zero-order valence-corrected chi connectivity index (χ0v) is 15.1. The summed E-state index contributed by atoms with van der Waals surface area (Å²) in [6, 6.07) is 7.88. The van der Waals surface area contributed by atoms with Crippen LogP contribution in [0, 0.1) is 13.8 Å². The second kappa shape index (κ2) is 6.67. The minimum atomic E-state index is -0.238. The maximum atomic E-state index is 12.2. The summed E-state index contributed by atoms with van der Waals surface area (Å²) < 4.78 is 21.8. The molecule has 0 fully saturated rings. The minimum absolute atomic E-state index is 0.122. The molecule has 1 heterocycles. The molecular formula is C20H22O5. The summed E-state index contributed by atoms with van der Waals surface area (Å²) in [5, 5.41) is 0. The highest BCUT2D eigenvalue weighted by Crippen LogP contribution is 2.46. The van der Waals surface area contributed by atoms with Gasteiger partial charge in [0.2, 0.25) is 5.75 Å². The van der Waals surface area contributed by atoms with E-state index < -0.39 is 0 Å². The van der Waals surface area contributed by atoms with E-state index in [-0.39, 0.29) is 18.3 Å². The Morgan fingerprint density at radius 1 is 0.960 bits per heavy atom. The van der Waals surface area contributed by atoms with Gasteiger partial charge in [-0.3, -0.25) is 4.79 Å². The minimum Gasteiger partial charge on any atom is -0.493 e. The molecule has 0 radical (unpaired) electrons. The number of esters is 1. The van der Waals surface area contributed by atoms with Crippen LogP contribution in [0.3, 0.4) is 0 Å². The van der Waals surface area contributed by atoms with Crippen LogP contribution >= 0.6 is 0 Å². The van der Waals surface area contributed by atoms with E-state index in [1.165, 1.54) is 0 Å². The van der Waals surface area contributed by atoms with Crippen molar-refractivity contribution in [2.45, 2.75) is 26.2 Å². The molecule has 5 nitrogen and oxygen atoms in total. The lowest BCUT2D eigenvalue weighted by Gasteiger charge is -2.27. The fourth-order valence-corrected chi connectivity index (χ4v) is 3.42. The Kier molecular flexibility index (Phi) is 4.57. The molecule has 0 saturated carbocycles. The first-order valence-corrected chi connectivity index (χ1v) is 8.10. The zero-order chi connectivity index (χ0) is 18.1. The van der Waals surface area contributed by atoms with Crippen molar-refractivity contribution in [3.05, 3.63) is 46.5 Å². The molecule has 2 aromatic carbocycles. The van der Waals surface area contributed by atoms with Gasteiger partial charge in [0.05, 0.1) is 27.8 Å². The number of benzene rings is 2. The third-order valence-corrected chi connectivity index (χ3v) is 4.50. The summed E-state index contributed by atoms with van der Waals surface area (Å²) in [5.74, 6) is 1.97. The number of hydrogen-bond donors (Lipinski definition) is 0. The summed E-state index contributed by atoms with van der Waals surface area (Å²) in [6.07, 6.45) is 0.272. The molecule has 1 aliphatic rings. The highest BCUT2D eigenvalue weighted by Gasteiger charge is 2.31. The van der Waals surface area contributed by atoms with Crippen molar-refractivity contribution in [2.75, 3.05) is 21.3 Å². The van der Waals surface area contributed by atoms with Crippen LogP contribution in [0.25, 0.3) is 0 Å². The van der Waals surface area contributed by atoms with Crippen LogP contribution in [0.1, 0.15) is 34.6 Å². The van der Waals surface area contributed by atoms with Gasteiger partial charge in [0.1, 0.15) is 5.75 Å². The van der Waals surface area contributed by atoms with Gasteiger partial charge >= 0.3 is 5.97 Å². The van der Waals surface area contributed by atoms with Crippen molar-refractivity contribution in [1.29, 1.82) is 0 Å². The number of fused-ring (bicyclic) bond motifs is 1. The lowest BCUT2D eigenvalue weighted by atomic mass is 9.84. The average Bonchev–Trinajstić information content (AvgIpc) is 2.60. The van der Waals surface area contributed by atoms with Gasteiger partial charge in [-0.25, -0.2) is 0 Å². The third kappa shape index (κ3) is 3.02. The lowest BCUT2D eigenvalue weighted by molar-refractivity contribution is -0.135. The molecule has 5 heteroatoms. The van der Waals surface area contributed by atoms with Crippen molar-refractivity contribution >= 4 is 5.97 Å². The number of aryl methyl sites for hydroxylation is 2. The van der Waals surface area contributed by atoms with Crippen LogP contribution < -0.4 is 18.9 Å². The molecule has 132 valence electrons. The Hall–Kier alpha value is -2.69. The predicted molar refractivity (Wildman–Crippen MR) is 94.1 cm³/mol. The van der Waals surface area contributed by atoms with Gasteiger partial charge in [0, 0.05) is 11.5 Å². The molecule has 0 spiro atoms. The van der Waals surface area contributed by atoms with Crippen molar-refractivity contribution in [3.8, 4) is 23.0 Å². The van der Waals surface area contributed by atoms with Crippen LogP contribution in [0.15, 0.2) is 24.3 Å². The van der Waals surface area contributed by atoms with E-state index in [9.17, 15) is 4.79 Å². The van der Waals surface area contributed by atoms with Crippen molar-refractivity contribution in [2.24, 2.45) is 0 Å². The summed E-state index contributed by atoms with van der Waals surface area (Å²) >= 11 is 0. The topological polar surface area (TPSA) is 54.0 Å². The number of carbonyl (C=O) groups is 1. The van der Waals surface area contributed by atoms with Crippen molar-refractivity contribution in [3.63, 3.8) is 0 Å². The van der Waals surface area contributed by atoms with Gasteiger partial charge in [-0.1, -0.05) is 17.7 Å². The number of methoxy groups -OCH3 is 3. The molecule has 0 N–H and O–H groups in total. The largest absolute Gasteiger partial charge is 0.493 e. The van der Waals surface area contributed by atoms with Gasteiger partial charge in [0.15, 0.2) is 11.5 Å². The number of hydrogen-bond acceptors (Lipinski definition) is 5. The van der Waals surface area contributed by atoms with Crippen LogP contribution in [0.5, 0.6) is 23.0 Å². The maximum Gasteiger partial charge on any atom is 0.312 e. The molecule has 25 heavy (non-hydrogen) atoms. The first kappa shape index (κ1) is 17.1. The fraction of sp³-hybridized carbons (Fsp3) is 0.350. The van der Waals surface area contributed by atoms with Gasteiger partial charge in [-0.15, -0.1) is 0 Å². The highest BCUT2D eigenvalue weighted by atomic mass is 16.5. The van der Waals surface area contributed by atoms with E-state index in [4.69, 9.17) is 18.9 Å². The van der Waals surface area contributed by atoms with Crippen molar-refractivity contribution < 1.29 is 23.7 Å². The SMILES string of the molecule is COc1cc(C2CC(=O)Oc3c(C)cc(C)cc32)cc(OC)c1OC. The maximum absolute atomic E-state index is 12.2. The Morgan fingerprint density at radius 2 is 1.60 bits per heavy atom. The van der Waals surface area contributed by atoms with E-state index in [0.29, 0.717) is 23.0 Å². The first-order valence-electron chi connectivity index (χ1n) is 8.10. The summed E-state index contributed by atoms with van der Waals surface area (Å²) in [7, 11) is 4.73. The lowest BCUT2D eigenvalue weighted by Crippen LogP contribution is -2.22. The molecule has 1 atom stereocenters. The Morgan fingerprint density at radius 3 is 2.16 bits per heavy atom. The number of ether oxygens (including phenoxy) is 4. The fourth-order valence-electron chi connectivity index (χ4n) is 3.42. The molecule has 0 bridgehead atoms. The van der Waals surface area contributed by atoms with Gasteiger partial charge in [0.25, 0.3) is 0 Å². The van der Waals surface area contributed by atoms with Gasteiger partial charge < -0.3 is 18.9 Å².